The summed E-state index contributed by atoms with van der Waals surface area (Å²) in [5, 5.41) is 9.60. The highest BCUT2D eigenvalue weighted by Gasteiger charge is 2.36. The SMILES string of the molecule is CCOC(=O)C1=C(C)OC(N)=C(C#N)C1c1ccc(Oc2cncc(C)n2)cc1. The lowest BCUT2D eigenvalue weighted by atomic mass is 9.83. The van der Waals surface area contributed by atoms with Crippen LogP contribution in [0.2, 0.25) is 0 Å². The predicted octanol–water partition coefficient (Wildman–Crippen LogP) is 3.22. The van der Waals surface area contributed by atoms with E-state index in [4.69, 9.17) is 19.9 Å². The quantitative estimate of drug-likeness (QED) is 0.770. The van der Waals surface area contributed by atoms with Gasteiger partial charge in [0.25, 0.3) is 0 Å². The number of hydrogen-bond donors (Lipinski definition) is 1. The number of nitriles is 1. The first-order chi connectivity index (χ1) is 13.9. The molecule has 1 aromatic heterocycles. The first-order valence-corrected chi connectivity index (χ1v) is 8.96. The fraction of sp³-hybridized carbons (Fsp3) is 0.238. The molecule has 2 aromatic rings. The second kappa shape index (κ2) is 8.44. The van der Waals surface area contributed by atoms with E-state index in [1.807, 2.05) is 13.0 Å². The predicted molar refractivity (Wildman–Crippen MR) is 103 cm³/mol. The molecule has 0 saturated carbocycles. The molecule has 1 atom stereocenters. The summed E-state index contributed by atoms with van der Waals surface area (Å²) in [6, 6.07) is 9.00. The van der Waals surface area contributed by atoms with Gasteiger partial charge in [0, 0.05) is 6.20 Å². The lowest BCUT2D eigenvalue weighted by molar-refractivity contribution is -0.139. The largest absolute Gasteiger partial charge is 0.463 e. The summed E-state index contributed by atoms with van der Waals surface area (Å²) < 4.78 is 16.3. The zero-order valence-electron chi connectivity index (χ0n) is 16.3. The Morgan fingerprint density at radius 1 is 1.28 bits per heavy atom. The monoisotopic (exact) mass is 392 g/mol. The first kappa shape index (κ1) is 19.9. The highest BCUT2D eigenvalue weighted by Crippen LogP contribution is 2.40. The Bertz CT molecular complexity index is 1040. The van der Waals surface area contributed by atoms with Gasteiger partial charge in [-0.3, -0.25) is 4.98 Å². The van der Waals surface area contributed by atoms with E-state index >= 15 is 0 Å². The number of rotatable bonds is 5. The van der Waals surface area contributed by atoms with Crippen molar-refractivity contribution in [2.24, 2.45) is 5.73 Å². The Morgan fingerprint density at radius 2 is 2.00 bits per heavy atom. The fourth-order valence-corrected chi connectivity index (χ4v) is 3.03. The van der Waals surface area contributed by atoms with Crippen molar-refractivity contribution < 1.29 is 19.0 Å². The Hall–Kier alpha value is -3.86. The van der Waals surface area contributed by atoms with Crippen molar-refractivity contribution in [2.75, 3.05) is 6.61 Å². The number of benzene rings is 1. The van der Waals surface area contributed by atoms with Crippen molar-refractivity contribution in [3.63, 3.8) is 0 Å². The molecule has 8 heteroatoms. The average Bonchev–Trinajstić information content (AvgIpc) is 2.68. The summed E-state index contributed by atoms with van der Waals surface area (Å²) in [6.45, 7) is 5.35. The van der Waals surface area contributed by atoms with Crippen LogP contribution in [-0.2, 0) is 14.3 Å². The van der Waals surface area contributed by atoms with Crippen LogP contribution in [0.1, 0.15) is 31.0 Å². The molecule has 0 amide bonds. The molecule has 0 fully saturated rings. The van der Waals surface area contributed by atoms with Crippen molar-refractivity contribution in [1.82, 2.24) is 9.97 Å². The van der Waals surface area contributed by atoms with Crippen LogP contribution in [0.5, 0.6) is 11.6 Å². The molecule has 1 aromatic carbocycles. The molecule has 148 valence electrons. The molecule has 29 heavy (non-hydrogen) atoms. The number of carbonyl (C=O) groups excluding carboxylic acids is 1. The van der Waals surface area contributed by atoms with Gasteiger partial charge in [-0.25, -0.2) is 9.78 Å². The number of nitrogens with zero attached hydrogens (tertiary/aromatic N) is 3. The molecule has 2 N–H and O–H groups in total. The Labute approximate surface area is 168 Å². The molecular weight excluding hydrogens is 372 g/mol. The third kappa shape index (κ3) is 4.19. The van der Waals surface area contributed by atoms with E-state index in [0.717, 1.165) is 5.69 Å². The molecule has 1 aliphatic heterocycles. The third-order valence-corrected chi connectivity index (χ3v) is 4.27. The van der Waals surface area contributed by atoms with Crippen molar-refractivity contribution >= 4 is 5.97 Å². The number of aryl methyl sites for hydroxylation is 1. The maximum absolute atomic E-state index is 12.5. The van der Waals surface area contributed by atoms with Crippen LogP contribution in [0.25, 0.3) is 0 Å². The number of aromatic nitrogens is 2. The summed E-state index contributed by atoms with van der Waals surface area (Å²) in [5.74, 6) is -0.0619. The van der Waals surface area contributed by atoms with Crippen LogP contribution in [0, 0.1) is 18.3 Å². The molecule has 0 aliphatic carbocycles. The third-order valence-electron chi connectivity index (χ3n) is 4.27. The van der Waals surface area contributed by atoms with E-state index < -0.39 is 11.9 Å². The van der Waals surface area contributed by atoms with Gasteiger partial charge < -0.3 is 19.9 Å². The number of allylic oxidation sites excluding steroid dienone is 2. The molecule has 0 saturated heterocycles. The number of ether oxygens (including phenoxy) is 3. The average molecular weight is 392 g/mol. The molecule has 0 bridgehead atoms. The van der Waals surface area contributed by atoms with E-state index in [2.05, 4.69) is 9.97 Å². The van der Waals surface area contributed by atoms with Crippen LogP contribution in [0.15, 0.2) is 59.4 Å². The zero-order valence-corrected chi connectivity index (χ0v) is 16.3. The minimum absolute atomic E-state index is 0.0292. The lowest BCUT2D eigenvalue weighted by Gasteiger charge is -2.26. The highest BCUT2D eigenvalue weighted by molar-refractivity contribution is 5.92. The van der Waals surface area contributed by atoms with Crippen LogP contribution < -0.4 is 10.5 Å². The maximum Gasteiger partial charge on any atom is 0.338 e. The van der Waals surface area contributed by atoms with Crippen LogP contribution in [-0.4, -0.2) is 22.5 Å². The summed E-state index contributed by atoms with van der Waals surface area (Å²) in [7, 11) is 0. The van der Waals surface area contributed by atoms with Gasteiger partial charge in [-0.2, -0.15) is 5.26 Å². The zero-order chi connectivity index (χ0) is 21.0. The highest BCUT2D eigenvalue weighted by atomic mass is 16.5. The molecule has 2 heterocycles. The summed E-state index contributed by atoms with van der Waals surface area (Å²) in [5.41, 5.74) is 7.71. The molecule has 1 unspecified atom stereocenters. The Balaban J connectivity index is 1.95. The van der Waals surface area contributed by atoms with Crippen LogP contribution in [0.4, 0.5) is 0 Å². The number of esters is 1. The van der Waals surface area contributed by atoms with E-state index in [1.54, 1.807) is 44.3 Å². The molecule has 0 radical (unpaired) electrons. The second-order valence-electron chi connectivity index (χ2n) is 6.28. The molecule has 1 aliphatic rings. The normalized spacial score (nSPS) is 16.1. The first-order valence-electron chi connectivity index (χ1n) is 8.96. The van der Waals surface area contributed by atoms with Gasteiger partial charge in [-0.05, 0) is 38.5 Å². The minimum Gasteiger partial charge on any atom is -0.463 e. The Morgan fingerprint density at radius 3 is 2.62 bits per heavy atom. The van der Waals surface area contributed by atoms with Crippen molar-refractivity contribution in [1.29, 1.82) is 5.26 Å². The van der Waals surface area contributed by atoms with Gasteiger partial charge in [-0.15, -0.1) is 0 Å². The maximum atomic E-state index is 12.5. The van der Waals surface area contributed by atoms with Crippen molar-refractivity contribution in [3.05, 3.63) is 70.7 Å². The molecule has 8 nitrogen and oxygen atoms in total. The number of hydrogen-bond acceptors (Lipinski definition) is 8. The fourth-order valence-electron chi connectivity index (χ4n) is 3.03. The van der Waals surface area contributed by atoms with E-state index in [-0.39, 0.29) is 23.6 Å². The molecule has 3 rings (SSSR count). The van der Waals surface area contributed by atoms with E-state index in [1.165, 1.54) is 6.20 Å². The molecular formula is C21H20N4O4. The number of nitrogens with two attached hydrogens (primary N) is 1. The van der Waals surface area contributed by atoms with Gasteiger partial charge >= 0.3 is 5.97 Å². The van der Waals surface area contributed by atoms with Crippen LogP contribution in [0.3, 0.4) is 0 Å². The van der Waals surface area contributed by atoms with Gasteiger partial charge in [0.1, 0.15) is 23.2 Å². The van der Waals surface area contributed by atoms with Crippen LogP contribution >= 0.6 is 0 Å². The van der Waals surface area contributed by atoms with Gasteiger partial charge in [0.05, 0.1) is 30.0 Å². The lowest BCUT2D eigenvalue weighted by Crippen LogP contribution is -2.25. The van der Waals surface area contributed by atoms with Gasteiger partial charge in [0.2, 0.25) is 11.8 Å². The van der Waals surface area contributed by atoms with Crippen molar-refractivity contribution in [2.45, 2.75) is 26.7 Å². The summed E-state index contributed by atoms with van der Waals surface area (Å²) in [6.07, 6.45) is 3.15. The van der Waals surface area contributed by atoms with Gasteiger partial charge in [0.15, 0.2) is 0 Å². The topological polar surface area (TPSA) is 120 Å². The summed E-state index contributed by atoms with van der Waals surface area (Å²) >= 11 is 0. The van der Waals surface area contributed by atoms with E-state index in [9.17, 15) is 10.1 Å². The minimum atomic E-state index is -0.694. The standard InChI is InChI=1S/C21H20N4O4/c1-4-27-21(26)18-13(3)28-20(23)16(9-22)19(18)14-5-7-15(8-6-14)29-17-11-24-10-12(2)25-17/h5-8,10-11,19H,4,23H2,1-3H3. The Kier molecular flexibility index (Phi) is 5.79. The number of carbonyl (C=O) groups is 1. The summed E-state index contributed by atoms with van der Waals surface area (Å²) in [4.78, 5) is 20.8. The van der Waals surface area contributed by atoms with E-state index in [0.29, 0.717) is 23.0 Å². The smallest absolute Gasteiger partial charge is 0.338 e. The second-order valence-corrected chi connectivity index (χ2v) is 6.28. The van der Waals surface area contributed by atoms with Gasteiger partial charge in [-0.1, -0.05) is 12.1 Å². The molecule has 0 spiro atoms. The van der Waals surface area contributed by atoms with Crippen molar-refractivity contribution in [3.8, 4) is 17.7 Å².